The SMILES string of the molecule is COCOc1cccc(OC)c1C1CC(=O)N(Cc2ccccc2)C(=O)C1. The first-order valence-corrected chi connectivity index (χ1v) is 8.79. The van der Waals surface area contributed by atoms with Gasteiger partial charge in [-0.25, -0.2) is 0 Å². The molecule has 27 heavy (non-hydrogen) atoms. The van der Waals surface area contributed by atoms with E-state index in [4.69, 9.17) is 14.2 Å². The summed E-state index contributed by atoms with van der Waals surface area (Å²) in [6.07, 6.45) is 0.449. The van der Waals surface area contributed by atoms with Crippen molar-refractivity contribution in [3.8, 4) is 11.5 Å². The van der Waals surface area contributed by atoms with Gasteiger partial charge in [0.25, 0.3) is 0 Å². The molecule has 0 aromatic heterocycles. The Hall–Kier alpha value is -2.86. The predicted octanol–water partition coefficient (Wildman–Crippen LogP) is 3.11. The number of hydrogen-bond acceptors (Lipinski definition) is 5. The molecule has 1 aliphatic rings. The van der Waals surface area contributed by atoms with Crippen LogP contribution in [0.3, 0.4) is 0 Å². The molecule has 3 rings (SSSR count). The van der Waals surface area contributed by atoms with Crippen molar-refractivity contribution in [2.75, 3.05) is 21.0 Å². The minimum absolute atomic E-state index is 0.0783. The van der Waals surface area contributed by atoms with Crippen molar-refractivity contribution in [3.63, 3.8) is 0 Å². The molecule has 0 atom stereocenters. The molecule has 6 nitrogen and oxygen atoms in total. The van der Waals surface area contributed by atoms with Crippen LogP contribution in [0.1, 0.15) is 29.9 Å². The van der Waals surface area contributed by atoms with Gasteiger partial charge in [-0.1, -0.05) is 36.4 Å². The Morgan fingerprint density at radius 1 is 0.926 bits per heavy atom. The zero-order valence-electron chi connectivity index (χ0n) is 15.5. The number of ether oxygens (including phenoxy) is 3. The van der Waals surface area contributed by atoms with E-state index in [-0.39, 0.29) is 37.4 Å². The van der Waals surface area contributed by atoms with Gasteiger partial charge in [0, 0.05) is 31.4 Å². The smallest absolute Gasteiger partial charge is 0.230 e. The number of methoxy groups -OCH3 is 2. The van der Waals surface area contributed by atoms with Crippen molar-refractivity contribution in [1.29, 1.82) is 0 Å². The van der Waals surface area contributed by atoms with E-state index in [0.717, 1.165) is 11.1 Å². The summed E-state index contributed by atoms with van der Waals surface area (Å²) < 4.78 is 16.1. The van der Waals surface area contributed by atoms with Gasteiger partial charge in [-0.05, 0) is 17.7 Å². The molecule has 1 fully saturated rings. The topological polar surface area (TPSA) is 65.1 Å². The van der Waals surface area contributed by atoms with Gasteiger partial charge in [-0.15, -0.1) is 0 Å². The molecule has 2 amide bonds. The maximum Gasteiger partial charge on any atom is 0.230 e. The molecule has 1 aliphatic heterocycles. The average molecular weight is 369 g/mol. The van der Waals surface area contributed by atoms with Crippen molar-refractivity contribution in [1.82, 2.24) is 4.90 Å². The Morgan fingerprint density at radius 2 is 1.59 bits per heavy atom. The van der Waals surface area contributed by atoms with E-state index >= 15 is 0 Å². The molecule has 0 spiro atoms. The number of rotatable bonds is 7. The highest BCUT2D eigenvalue weighted by atomic mass is 16.7. The maximum atomic E-state index is 12.7. The molecule has 0 bridgehead atoms. The van der Waals surface area contributed by atoms with Crippen LogP contribution in [-0.2, 0) is 20.9 Å². The normalized spacial score (nSPS) is 15.1. The zero-order valence-corrected chi connectivity index (χ0v) is 15.5. The second-order valence-corrected chi connectivity index (χ2v) is 6.39. The standard InChI is InChI=1S/C21H23NO5/c1-25-14-27-18-10-6-9-17(26-2)21(18)16-11-19(23)22(20(24)12-16)13-15-7-4-3-5-8-15/h3-10,16H,11-14H2,1-2H3. The third-order valence-corrected chi connectivity index (χ3v) is 4.61. The number of carbonyl (C=O) groups is 2. The average Bonchev–Trinajstić information content (AvgIpc) is 2.69. The van der Waals surface area contributed by atoms with Gasteiger partial charge in [-0.2, -0.15) is 0 Å². The summed E-state index contributed by atoms with van der Waals surface area (Å²) in [4.78, 5) is 26.8. The fourth-order valence-electron chi connectivity index (χ4n) is 3.35. The van der Waals surface area contributed by atoms with Crippen molar-refractivity contribution in [3.05, 3.63) is 59.7 Å². The Kier molecular flexibility index (Phi) is 6.08. The summed E-state index contributed by atoms with van der Waals surface area (Å²) in [5, 5.41) is 0. The van der Waals surface area contributed by atoms with E-state index in [1.165, 1.54) is 12.0 Å². The number of benzene rings is 2. The van der Waals surface area contributed by atoms with Gasteiger partial charge in [0.05, 0.1) is 13.7 Å². The molecular weight excluding hydrogens is 346 g/mol. The molecule has 142 valence electrons. The quantitative estimate of drug-likeness (QED) is 0.554. The van der Waals surface area contributed by atoms with E-state index in [0.29, 0.717) is 18.0 Å². The van der Waals surface area contributed by atoms with Gasteiger partial charge < -0.3 is 14.2 Å². The van der Waals surface area contributed by atoms with Gasteiger partial charge in [-0.3, -0.25) is 14.5 Å². The summed E-state index contributed by atoms with van der Waals surface area (Å²) in [6, 6.07) is 14.9. The van der Waals surface area contributed by atoms with Crippen LogP contribution in [0, 0.1) is 0 Å². The highest BCUT2D eigenvalue weighted by Gasteiger charge is 2.36. The van der Waals surface area contributed by atoms with Crippen molar-refractivity contribution in [2.24, 2.45) is 0 Å². The summed E-state index contributed by atoms with van der Waals surface area (Å²) >= 11 is 0. The molecular formula is C21H23NO5. The number of piperidine rings is 1. The minimum Gasteiger partial charge on any atom is -0.496 e. The van der Waals surface area contributed by atoms with Crippen LogP contribution in [0.4, 0.5) is 0 Å². The Morgan fingerprint density at radius 3 is 2.22 bits per heavy atom. The monoisotopic (exact) mass is 369 g/mol. The van der Waals surface area contributed by atoms with Crippen molar-refractivity contribution < 1.29 is 23.8 Å². The van der Waals surface area contributed by atoms with Crippen LogP contribution < -0.4 is 9.47 Å². The molecule has 2 aromatic carbocycles. The van der Waals surface area contributed by atoms with Gasteiger partial charge in [0.1, 0.15) is 11.5 Å². The Labute approximate surface area is 158 Å². The van der Waals surface area contributed by atoms with Crippen LogP contribution in [0.5, 0.6) is 11.5 Å². The first kappa shape index (κ1) is 18.9. The highest BCUT2D eigenvalue weighted by molar-refractivity contribution is 5.98. The maximum absolute atomic E-state index is 12.7. The predicted molar refractivity (Wildman–Crippen MR) is 99.5 cm³/mol. The van der Waals surface area contributed by atoms with Gasteiger partial charge >= 0.3 is 0 Å². The summed E-state index contributed by atoms with van der Waals surface area (Å²) in [5.74, 6) is 0.497. The van der Waals surface area contributed by atoms with Crippen molar-refractivity contribution in [2.45, 2.75) is 25.3 Å². The van der Waals surface area contributed by atoms with Gasteiger partial charge in [0.15, 0.2) is 6.79 Å². The summed E-state index contributed by atoms with van der Waals surface area (Å²) in [7, 11) is 3.10. The number of amides is 2. The number of hydrogen-bond donors (Lipinski definition) is 0. The largest absolute Gasteiger partial charge is 0.496 e. The van der Waals surface area contributed by atoms with Gasteiger partial charge in [0.2, 0.25) is 11.8 Å². The molecule has 0 radical (unpaired) electrons. The molecule has 0 unspecified atom stereocenters. The van der Waals surface area contributed by atoms with E-state index in [1.807, 2.05) is 36.4 Å². The third kappa shape index (κ3) is 4.28. The third-order valence-electron chi connectivity index (χ3n) is 4.61. The highest BCUT2D eigenvalue weighted by Crippen LogP contribution is 2.41. The number of likely N-dealkylation sites (tertiary alicyclic amines) is 1. The molecule has 2 aromatic rings. The molecule has 0 N–H and O–H groups in total. The van der Waals surface area contributed by atoms with Crippen LogP contribution in [0.25, 0.3) is 0 Å². The van der Waals surface area contributed by atoms with Crippen LogP contribution >= 0.6 is 0 Å². The Bertz CT molecular complexity index is 787. The lowest BCUT2D eigenvalue weighted by molar-refractivity contribution is -0.149. The molecule has 1 saturated heterocycles. The lowest BCUT2D eigenvalue weighted by Gasteiger charge is -2.31. The van der Waals surface area contributed by atoms with Crippen LogP contribution in [0.15, 0.2) is 48.5 Å². The number of carbonyl (C=O) groups excluding carboxylic acids is 2. The Balaban J connectivity index is 1.82. The molecule has 0 aliphatic carbocycles. The number of nitrogens with zero attached hydrogens (tertiary/aromatic N) is 1. The second-order valence-electron chi connectivity index (χ2n) is 6.39. The minimum atomic E-state index is -0.292. The zero-order chi connectivity index (χ0) is 19.2. The lowest BCUT2D eigenvalue weighted by Crippen LogP contribution is -2.42. The number of imide groups is 1. The lowest BCUT2D eigenvalue weighted by atomic mass is 9.87. The van der Waals surface area contributed by atoms with E-state index < -0.39 is 0 Å². The van der Waals surface area contributed by atoms with E-state index in [9.17, 15) is 9.59 Å². The fourth-order valence-corrected chi connectivity index (χ4v) is 3.35. The molecule has 6 heteroatoms. The second kappa shape index (κ2) is 8.68. The first-order valence-electron chi connectivity index (χ1n) is 8.79. The molecule has 1 heterocycles. The van der Waals surface area contributed by atoms with Crippen LogP contribution in [0.2, 0.25) is 0 Å². The van der Waals surface area contributed by atoms with E-state index in [1.54, 1.807) is 19.2 Å². The summed E-state index contributed by atoms with van der Waals surface area (Å²) in [5.41, 5.74) is 1.66. The fraction of sp³-hybridized carbons (Fsp3) is 0.333. The summed E-state index contributed by atoms with van der Waals surface area (Å²) in [6.45, 7) is 0.374. The first-order chi connectivity index (χ1) is 13.1. The van der Waals surface area contributed by atoms with E-state index in [2.05, 4.69) is 0 Å². The van der Waals surface area contributed by atoms with Crippen LogP contribution in [-0.4, -0.2) is 37.7 Å². The van der Waals surface area contributed by atoms with Crippen molar-refractivity contribution >= 4 is 11.8 Å². The molecule has 0 saturated carbocycles.